The predicted molar refractivity (Wildman–Crippen MR) is 54.8 cm³/mol. The smallest absolute Gasteiger partial charge is 0.0409 e. The Labute approximate surface area is 85.2 Å². The van der Waals surface area contributed by atoms with Gasteiger partial charge in [-0.15, -0.1) is 0 Å². The van der Waals surface area contributed by atoms with Gasteiger partial charge in [0.25, 0.3) is 0 Å². The third-order valence-corrected chi connectivity index (χ3v) is 3.14. The van der Waals surface area contributed by atoms with E-state index < -0.39 is 0 Å². The fourth-order valence-electron chi connectivity index (χ4n) is 1.34. The highest BCUT2D eigenvalue weighted by molar-refractivity contribution is 9.10. The second-order valence-corrected chi connectivity index (χ2v) is 4.31. The van der Waals surface area contributed by atoms with Gasteiger partial charge in [-0.1, -0.05) is 27.5 Å². The molecule has 1 aromatic carbocycles. The van der Waals surface area contributed by atoms with E-state index in [4.69, 9.17) is 11.6 Å². The zero-order valence-electron chi connectivity index (χ0n) is 6.48. The van der Waals surface area contributed by atoms with Crippen LogP contribution < -0.4 is 5.32 Å². The van der Waals surface area contributed by atoms with Crippen LogP contribution in [0, 0.1) is 0 Å². The topological polar surface area (TPSA) is 12.0 Å². The lowest BCUT2D eigenvalue weighted by molar-refractivity contribution is 0.447. The Hall–Kier alpha value is -0.0500. The molecule has 0 atom stereocenters. The van der Waals surface area contributed by atoms with Gasteiger partial charge in [-0.2, -0.15) is 0 Å². The van der Waals surface area contributed by atoms with E-state index in [1.807, 2.05) is 18.2 Å². The lowest BCUT2D eigenvalue weighted by Gasteiger charge is -2.28. The van der Waals surface area contributed by atoms with Crippen LogP contribution in [0.2, 0.25) is 5.02 Å². The minimum Gasteiger partial charge on any atom is -0.315 e. The van der Waals surface area contributed by atoms with E-state index in [9.17, 15) is 0 Å². The second kappa shape index (κ2) is 3.36. The number of rotatable bonds is 1. The Morgan fingerprint density at radius 3 is 2.75 bits per heavy atom. The van der Waals surface area contributed by atoms with Crippen molar-refractivity contribution in [3.63, 3.8) is 0 Å². The molecule has 0 bridgehead atoms. The van der Waals surface area contributed by atoms with Crippen LogP contribution in [-0.2, 0) is 0 Å². The van der Waals surface area contributed by atoms with Crippen molar-refractivity contribution < 1.29 is 0 Å². The van der Waals surface area contributed by atoms with Crippen molar-refractivity contribution in [3.05, 3.63) is 33.3 Å². The molecule has 1 N–H and O–H groups in total. The van der Waals surface area contributed by atoms with Crippen molar-refractivity contribution in [1.82, 2.24) is 5.32 Å². The average molecular weight is 247 g/mol. The summed E-state index contributed by atoms with van der Waals surface area (Å²) in [6.45, 7) is 2.14. The molecule has 1 fully saturated rings. The molecular formula is C9H9BrClN. The normalized spacial score (nSPS) is 17.5. The molecule has 0 aromatic heterocycles. The third-order valence-electron chi connectivity index (χ3n) is 2.18. The maximum absolute atomic E-state index is 5.90. The zero-order valence-corrected chi connectivity index (χ0v) is 8.82. The SMILES string of the molecule is Clc1ccc(Br)c(C2CNC2)c1. The lowest BCUT2D eigenvalue weighted by Crippen LogP contribution is -2.40. The minimum absolute atomic E-state index is 0.637. The van der Waals surface area contributed by atoms with Gasteiger partial charge in [-0.05, 0) is 23.8 Å². The molecule has 12 heavy (non-hydrogen) atoms. The summed E-state index contributed by atoms with van der Waals surface area (Å²) in [5.41, 5.74) is 1.32. The molecule has 0 aliphatic carbocycles. The summed E-state index contributed by atoms with van der Waals surface area (Å²) in [6, 6.07) is 5.95. The van der Waals surface area contributed by atoms with E-state index in [1.54, 1.807) is 0 Å². The first-order chi connectivity index (χ1) is 5.77. The highest BCUT2D eigenvalue weighted by atomic mass is 79.9. The molecule has 0 unspecified atom stereocenters. The second-order valence-electron chi connectivity index (χ2n) is 3.02. The third kappa shape index (κ3) is 1.51. The summed E-state index contributed by atoms with van der Waals surface area (Å²) in [5, 5.41) is 4.06. The Balaban J connectivity index is 2.34. The van der Waals surface area contributed by atoms with E-state index in [1.165, 1.54) is 10.0 Å². The predicted octanol–water partition coefficient (Wildman–Crippen LogP) is 2.79. The van der Waals surface area contributed by atoms with Crippen LogP contribution >= 0.6 is 27.5 Å². The van der Waals surface area contributed by atoms with Crippen LogP contribution in [0.5, 0.6) is 0 Å². The fourth-order valence-corrected chi connectivity index (χ4v) is 2.09. The summed E-state index contributed by atoms with van der Waals surface area (Å²) in [7, 11) is 0. The van der Waals surface area contributed by atoms with E-state index in [2.05, 4.69) is 21.2 Å². The van der Waals surface area contributed by atoms with Crippen molar-refractivity contribution >= 4 is 27.5 Å². The molecule has 0 saturated carbocycles. The van der Waals surface area contributed by atoms with Crippen LogP contribution in [0.25, 0.3) is 0 Å². The lowest BCUT2D eigenvalue weighted by atomic mass is 9.94. The average Bonchev–Trinajstić information content (AvgIpc) is 1.93. The van der Waals surface area contributed by atoms with Crippen molar-refractivity contribution in [3.8, 4) is 0 Å². The first-order valence-corrected chi connectivity index (χ1v) is 5.10. The van der Waals surface area contributed by atoms with E-state index >= 15 is 0 Å². The molecule has 0 amide bonds. The number of hydrogen-bond donors (Lipinski definition) is 1. The van der Waals surface area contributed by atoms with Crippen LogP contribution in [0.15, 0.2) is 22.7 Å². The summed E-state index contributed by atoms with van der Waals surface area (Å²) < 4.78 is 1.17. The monoisotopic (exact) mass is 245 g/mol. The molecular weight excluding hydrogens is 237 g/mol. The maximum atomic E-state index is 5.90. The number of benzene rings is 1. The highest BCUT2D eigenvalue weighted by Crippen LogP contribution is 2.29. The number of hydrogen-bond acceptors (Lipinski definition) is 1. The van der Waals surface area contributed by atoms with Crippen LogP contribution in [-0.4, -0.2) is 13.1 Å². The van der Waals surface area contributed by atoms with Crippen molar-refractivity contribution in [2.24, 2.45) is 0 Å². The first kappa shape index (κ1) is 8.54. The molecule has 2 rings (SSSR count). The van der Waals surface area contributed by atoms with Gasteiger partial charge in [0.1, 0.15) is 0 Å². The molecule has 1 aliphatic heterocycles. The van der Waals surface area contributed by atoms with E-state index in [0.717, 1.165) is 18.1 Å². The van der Waals surface area contributed by atoms with Gasteiger partial charge in [0.15, 0.2) is 0 Å². The minimum atomic E-state index is 0.637. The molecule has 1 nitrogen and oxygen atoms in total. The molecule has 1 saturated heterocycles. The van der Waals surface area contributed by atoms with Crippen molar-refractivity contribution in [1.29, 1.82) is 0 Å². The van der Waals surface area contributed by atoms with Crippen LogP contribution in [0.4, 0.5) is 0 Å². The van der Waals surface area contributed by atoms with Crippen LogP contribution in [0.1, 0.15) is 11.5 Å². The molecule has 0 radical (unpaired) electrons. The molecule has 0 spiro atoms. The van der Waals surface area contributed by atoms with E-state index in [0.29, 0.717) is 5.92 Å². The van der Waals surface area contributed by atoms with Gasteiger partial charge in [0.05, 0.1) is 0 Å². The van der Waals surface area contributed by atoms with Gasteiger partial charge in [0.2, 0.25) is 0 Å². The fraction of sp³-hybridized carbons (Fsp3) is 0.333. The number of halogens is 2. The number of nitrogens with one attached hydrogen (secondary N) is 1. The standard InChI is InChI=1S/C9H9BrClN/c10-9-2-1-7(11)3-8(9)6-4-12-5-6/h1-3,6,12H,4-5H2. The Bertz CT molecular complexity index is 297. The molecule has 3 heteroatoms. The molecule has 64 valence electrons. The van der Waals surface area contributed by atoms with Gasteiger partial charge in [-0.3, -0.25) is 0 Å². The van der Waals surface area contributed by atoms with Crippen LogP contribution in [0.3, 0.4) is 0 Å². The Morgan fingerprint density at radius 2 is 2.17 bits per heavy atom. The molecule has 1 heterocycles. The van der Waals surface area contributed by atoms with Crippen molar-refractivity contribution in [2.75, 3.05) is 13.1 Å². The Morgan fingerprint density at radius 1 is 1.42 bits per heavy atom. The summed E-state index contributed by atoms with van der Waals surface area (Å²) >= 11 is 9.42. The first-order valence-electron chi connectivity index (χ1n) is 3.93. The zero-order chi connectivity index (χ0) is 8.55. The highest BCUT2D eigenvalue weighted by Gasteiger charge is 2.20. The maximum Gasteiger partial charge on any atom is 0.0409 e. The van der Waals surface area contributed by atoms with E-state index in [-0.39, 0.29) is 0 Å². The summed E-state index contributed by atoms with van der Waals surface area (Å²) in [6.07, 6.45) is 0. The molecule has 1 aliphatic rings. The summed E-state index contributed by atoms with van der Waals surface area (Å²) in [4.78, 5) is 0. The van der Waals surface area contributed by atoms with Gasteiger partial charge in [0, 0.05) is 28.5 Å². The largest absolute Gasteiger partial charge is 0.315 e. The van der Waals surface area contributed by atoms with Gasteiger partial charge >= 0.3 is 0 Å². The Kier molecular flexibility index (Phi) is 2.40. The quantitative estimate of drug-likeness (QED) is 0.803. The van der Waals surface area contributed by atoms with Gasteiger partial charge in [-0.25, -0.2) is 0 Å². The van der Waals surface area contributed by atoms with Gasteiger partial charge < -0.3 is 5.32 Å². The molecule has 1 aromatic rings. The van der Waals surface area contributed by atoms with Crippen molar-refractivity contribution in [2.45, 2.75) is 5.92 Å². The summed E-state index contributed by atoms with van der Waals surface area (Å²) in [5.74, 6) is 0.637.